The average molecular weight is 447 g/mol. The monoisotopic (exact) mass is 446 g/mol. The fourth-order valence-corrected chi connectivity index (χ4v) is 4.30. The summed E-state index contributed by atoms with van der Waals surface area (Å²) in [6.07, 6.45) is 13.5. The van der Waals surface area contributed by atoms with Gasteiger partial charge in [0, 0.05) is 0 Å². The number of ether oxygens (including phenoxy) is 2. The molecule has 0 radical (unpaired) electrons. The third kappa shape index (κ3) is 11.2. The molecule has 2 atom stereocenters. The van der Waals surface area contributed by atoms with E-state index in [4.69, 9.17) is 9.47 Å². The smallest absolute Gasteiger partial charge is 0.339 e. The Labute approximate surface area is 196 Å². The molecule has 2 unspecified atom stereocenters. The summed E-state index contributed by atoms with van der Waals surface area (Å²) in [6.45, 7) is 9.59. The molecule has 182 valence electrons. The SMILES string of the molecule is CCCCC(CCC)CCOC(=O)c1ccccc1C(=O)OCCC(CCC)CCCC. The second-order valence-electron chi connectivity index (χ2n) is 8.99. The fraction of sp³-hybridized carbons (Fsp3) is 0.714. The topological polar surface area (TPSA) is 52.6 Å². The molecule has 4 heteroatoms. The van der Waals surface area contributed by atoms with Gasteiger partial charge in [0.15, 0.2) is 0 Å². The van der Waals surface area contributed by atoms with E-state index in [1.165, 1.54) is 38.5 Å². The van der Waals surface area contributed by atoms with Crippen molar-refractivity contribution < 1.29 is 19.1 Å². The number of hydrogen-bond acceptors (Lipinski definition) is 4. The van der Waals surface area contributed by atoms with Gasteiger partial charge in [-0.25, -0.2) is 9.59 Å². The van der Waals surface area contributed by atoms with Crippen LogP contribution in [0.25, 0.3) is 0 Å². The van der Waals surface area contributed by atoms with Crippen LogP contribution in [0.4, 0.5) is 0 Å². The molecule has 1 aromatic rings. The lowest BCUT2D eigenvalue weighted by atomic mass is 9.94. The lowest BCUT2D eigenvalue weighted by molar-refractivity contribution is 0.0431. The van der Waals surface area contributed by atoms with Crippen LogP contribution in [0.5, 0.6) is 0 Å². The Bertz CT molecular complexity index is 585. The largest absolute Gasteiger partial charge is 0.462 e. The number of rotatable bonds is 18. The third-order valence-electron chi connectivity index (χ3n) is 6.21. The van der Waals surface area contributed by atoms with Crippen LogP contribution in [0.3, 0.4) is 0 Å². The van der Waals surface area contributed by atoms with Crippen molar-refractivity contribution in [3.63, 3.8) is 0 Å². The lowest BCUT2D eigenvalue weighted by Gasteiger charge is -2.17. The first kappa shape index (κ1) is 28.2. The molecule has 0 heterocycles. The molecule has 0 amide bonds. The number of hydrogen-bond donors (Lipinski definition) is 0. The minimum absolute atomic E-state index is 0.300. The van der Waals surface area contributed by atoms with Crippen LogP contribution in [-0.4, -0.2) is 25.2 Å². The van der Waals surface area contributed by atoms with Crippen LogP contribution >= 0.6 is 0 Å². The Morgan fingerprint density at radius 1 is 0.625 bits per heavy atom. The van der Waals surface area contributed by atoms with E-state index in [1.54, 1.807) is 24.3 Å². The second kappa shape index (κ2) is 17.7. The van der Waals surface area contributed by atoms with E-state index in [0.29, 0.717) is 36.2 Å². The van der Waals surface area contributed by atoms with Crippen molar-refractivity contribution >= 4 is 11.9 Å². The molecular formula is C28H46O4. The standard InChI is InChI=1S/C28H46O4/c1-5-9-15-23(13-7-3)19-21-31-27(29)25-17-11-12-18-26(25)28(30)32-22-20-24(14-8-4)16-10-6-2/h11-12,17-18,23-24H,5-10,13-16,19-22H2,1-4H3. The zero-order chi connectivity index (χ0) is 23.6. The van der Waals surface area contributed by atoms with Crippen molar-refractivity contribution in [1.82, 2.24) is 0 Å². The molecule has 0 spiro atoms. The molecule has 0 aliphatic rings. The highest BCUT2D eigenvalue weighted by molar-refractivity contribution is 6.03. The number of carbonyl (C=O) groups is 2. The van der Waals surface area contributed by atoms with Crippen molar-refractivity contribution in [3.05, 3.63) is 35.4 Å². The third-order valence-corrected chi connectivity index (χ3v) is 6.21. The molecule has 0 aliphatic heterocycles. The maximum Gasteiger partial charge on any atom is 0.339 e. The first-order chi connectivity index (χ1) is 15.6. The van der Waals surface area contributed by atoms with Gasteiger partial charge >= 0.3 is 11.9 Å². The number of benzene rings is 1. The Morgan fingerprint density at radius 2 is 1.03 bits per heavy atom. The summed E-state index contributed by atoms with van der Waals surface area (Å²) in [4.78, 5) is 25.4. The van der Waals surface area contributed by atoms with Crippen LogP contribution in [0.1, 0.15) is 125 Å². The van der Waals surface area contributed by atoms with Gasteiger partial charge < -0.3 is 9.47 Å². The number of carbonyl (C=O) groups excluding carboxylic acids is 2. The summed E-state index contributed by atoms with van der Waals surface area (Å²) in [6, 6.07) is 6.83. The molecule has 0 saturated heterocycles. The molecular weight excluding hydrogens is 400 g/mol. The Kier molecular flexibility index (Phi) is 15.6. The Balaban J connectivity index is 2.60. The van der Waals surface area contributed by atoms with Crippen molar-refractivity contribution in [2.75, 3.05) is 13.2 Å². The molecule has 1 rings (SSSR count). The van der Waals surface area contributed by atoms with Gasteiger partial charge in [-0.15, -0.1) is 0 Å². The predicted molar refractivity (Wildman–Crippen MR) is 132 cm³/mol. The molecule has 0 saturated carbocycles. The summed E-state index contributed by atoms with van der Waals surface area (Å²) < 4.78 is 11.1. The van der Waals surface area contributed by atoms with E-state index >= 15 is 0 Å². The molecule has 0 aliphatic carbocycles. The van der Waals surface area contributed by atoms with E-state index < -0.39 is 11.9 Å². The van der Waals surface area contributed by atoms with E-state index in [1.807, 2.05) is 0 Å². The van der Waals surface area contributed by atoms with Gasteiger partial charge in [0.25, 0.3) is 0 Å². The van der Waals surface area contributed by atoms with Crippen molar-refractivity contribution in [2.24, 2.45) is 11.8 Å². The lowest BCUT2D eigenvalue weighted by Crippen LogP contribution is -2.16. The number of esters is 2. The van der Waals surface area contributed by atoms with E-state index in [2.05, 4.69) is 27.7 Å². The summed E-state index contributed by atoms with van der Waals surface area (Å²) in [5.41, 5.74) is 0.600. The molecule has 0 bridgehead atoms. The van der Waals surface area contributed by atoms with Crippen LogP contribution < -0.4 is 0 Å². The van der Waals surface area contributed by atoms with Crippen molar-refractivity contribution in [2.45, 2.75) is 105 Å². The van der Waals surface area contributed by atoms with E-state index in [0.717, 1.165) is 38.5 Å². The molecule has 0 aromatic heterocycles. The minimum atomic E-state index is -0.435. The first-order valence-electron chi connectivity index (χ1n) is 13.0. The van der Waals surface area contributed by atoms with Crippen LogP contribution in [0.15, 0.2) is 24.3 Å². The maximum absolute atomic E-state index is 12.7. The molecule has 32 heavy (non-hydrogen) atoms. The fourth-order valence-electron chi connectivity index (χ4n) is 4.30. The summed E-state index contributed by atoms with van der Waals surface area (Å²) in [5.74, 6) is 0.318. The van der Waals surface area contributed by atoms with Gasteiger partial charge in [-0.2, -0.15) is 0 Å². The highest BCUT2D eigenvalue weighted by Crippen LogP contribution is 2.21. The van der Waals surface area contributed by atoms with Gasteiger partial charge in [-0.1, -0.05) is 104 Å². The molecule has 1 aromatic carbocycles. The van der Waals surface area contributed by atoms with E-state index in [-0.39, 0.29) is 0 Å². The second-order valence-corrected chi connectivity index (χ2v) is 8.99. The van der Waals surface area contributed by atoms with Crippen LogP contribution in [0, 0.1) is 11.8 Å². The predicted octanol–water partition coefficient (Wildman–Crippen LogP) is 7.99. The molecule has 4 nitrogen and oxygen atoms in total. The van der Waals surface area contributed by atoms with Gasteiger partial charge in [0.1, 0.15) is 0 Å². The zero-order valence-corrected chi connectivity index (χ0v) is 21.0. The van der Waals surface area contributed by atoms with Crippen LogP contribution in [-0.2, 0) is 9.47 Å². The van der Waals surface area contributed by atoms with Gasteiger partial charge in [0.05, 0.1) is 24.3 Å². The quantitative estimate of drug-likeness (QED) is 0.214. The zero-order valence-electron chi connectivity index (χ0n) is 21.0. The molecule has 0 N–H and O–H groups in total. The van der Waals surface area contributed by atoms with E-state index in [9.17, 15) is 9.59 Å². The van der Waals surface area contributed by atoms with Crippen LogP contribution in [0.2, 0.25) is 0 Å². The highest BCUT2D eigenvalue weighted by atomic mass is 16.5. The highest BCUT2D eigenvalue weighted by Gasteiger charge is 2.20. The first-order valence-corrected chi connectivity index (χ1v) is 13.0. The summed E-state index contributed by atoms with van der Waals surface area (Å²) in [5, 5.41) is 0. The van der Waals surface area contributed by atoms with Gasteiger partial charge in [0.2, 0.25) is 0 Å². The van der Waals surface area contributed by atoms with Gasteiger partial charge in [-0.05, 0) is 36.8 Å². The summed E-state index contributed by atoms with van der Waals surface area (Å²) >= 11 is 0. The van der Waals surface area contributed by atoms with Gasteiger partial charge in [-0.3, -0.25) is 0 Å². The Morgan fingerprint density at radius 3 is 1.38 bits per heavy atom. The van der Waals surface area contributed by atoms with Crippen molar-refractivity contribution in [1.29, 1.82) is 0 Å². The maximum atomic E-state index is 12.7. The van der Waals surface area contributed by atoms with Crippen molar-refractivity contribution in [3.8, 4) is 0 Å². The average Bonchev–Trinajstić information content (AvgIpc) is 2.80. The Hall–Kier alpha value is -1.84. The summed E-state index contributed by atoms with van der Waals surface area (Å²) in [7, 11) is 0. The molecule has 0 fully saturated rings. The normalized spacial score (nSPS) is 12.9. The number of unbranched alkanes of at least 4 members (excludes halogenated alkanes) is 2. The minimum Gasteiger partial charge on any atom is -0.462 e.